The fourth-order valence-electron chi connectivity index (χ4n) is 1.60. The molecule has 15 heavy (non-hydrogen) atoms. The molecule has 0 aliphatic carbocycles. The summed E-state index contributed by atoms with van der Waals surface area (Å²) in [5.41, 5.74) is 0. The molecule has 0 radical (unpaired) electrons. The highest BCUT2D eigenvalue weighted by Crippen LogP contribution is 2.21. The predicted molar refractivity (Wildman–Crippen MR) is 74.7 cm³/mol. The summed E-state index contributed by atoms with van der Waals surface area (Å²) in [6, 6.07) is 0. The molecule has 0 fully saturated rings. The molecule has 0 heterocycles. The number of hydrogen-bond acceptors (Lipinski definition) is 2. The number of ether oxygens (including phenoxy) is 2. The Morgan fingerprint density at radius 1 is 1.27 bits per heavy atom. The molecular formula is C11H23IMgO2. The van der Waals surface area contributed by atoms with E-state index < -0.39 is 0 Å². The van der Waals surface area contributed by atoms with E-state index in [4.69, 9.17) is 9.47 Å². The van der Waals surface area contributed by atoms with E-state index in [2.05, 4.69) is 32.7 Å². The lowest BCUT2D eigenvalue weighted by Gasteiger charge is -2.15. The van der Waals surface area contributed by atoms with Crippen molar-refractivity contribution >= 4 is 35.3 Å². The van der Waals surface area contributed by atoms with E-state index in [1.54, 1.807) is 0 Å². The first kappa shape index (κ1) is 16.4. The quantitative estimate of drug-likeness (QED) is 0.262. The third-order valence-corrected chi connectivity index (χ3v) is 7.80. The third kappa shape index (κ3) is 11.7. The minimum atomic E-state index is 0.175. The number of rotatable bonds is 10. The zero-order valence-corrected chi connectivity index (χ0v) is 13.9. The summed E-state index contributed by atoms with van der Waals surface area (Å²) < 4.78 is 11.4. The molecule has 0 bridgehead atoms. The maximum absolute atomic E-state index is 5.34. The molecule has 0 aliphatic rings. The molecule has 0 spiro atoms. The van der Waals surface area contributed by atoms with Gasteiger partial charge in [0.15, 0.2) is 0 Å². The van der Waals surface area contributed by atoms with E-state index in [-0.39, 0.29) is 16.5 Å². The largest absolute Gasteiger partial charge is 0.466 e. The molecule has 0 aliphatic heterocycles. The molecule has 2 nitrogen and oxygen atoms in total. The smallest absolute Gasteiger partial charge is 0.356 e. The molecule has 88 valence electrons. The molecule has 4 heteroatoms. The second-order valence-electron chi connectivity index (χ2n) is 4.26. The standard InChI is InChI=1S/C11H23O2.HI.Mg/c1-4-7-11(3)8-6-9-13-10-12-5-2;;/h4,11H,5-10H2,1-3H3;1H;/q;;+1/p-1. The molecule has 2 atom stereocenters. The van der Waals surface area contributed by atoms with Gasteiger partial charge in [-0.3, -0.25) is 0 Å². The maximum atomic E-state index is 5.34. The van der Waals surface area contributed by atoms with Crippen molar-refractivity contribution in [2.75, 3.05) is 20.0 Å². The molecule has 0 N–H and O–H groups in total. The van der Waals surface area contributed by atoms with Gasteiger partial charge in [0.05, 0.1) is 0 Å². The molecule has 0 rings (SSSR count). The lowest BCUT2D eigenvalue weighted by Crippen LogP contribution is -2.05. The molecule has 0 aromatic rings. The van der Waals surface area contributed by atoms with Crippen LogP contribution in [0, 0.1) is 5.92 Å². The topological polar surface area (TPSA) is 18.5 Å². The molecule has 0 saturated heterocycles. The molecule has 0 amide bonds. The number of halogens is 1. The van der Waals surface area contributed by atoms with E-state index >= 15 is 0 Å². The van der Waals surface area contributed by atoms with Crippen molar-refractivity contribution in [3.05, 3.63) is 0 Å². The first-order valence-electron chi connectivity index (χ1n) is 5.92. The fourth-order valence-corrected chi connectivity index (χ4v) is 3.38. The van der Waals surface area contributed by atoms with E-state index in [0.717, 1.165) is 23.2 Å². The van der Waals surface area contributed by atoms with E-state index in [1.807, 2.05) is 6.92 Å². The van der Waals surface area contributed by atoms with Gasteiger partial charge in [-0.1, -0.05) is 20.3 Å². The van der Waals surface area contributed by atoms with Gasteiger partial charge in [0.1, 0.15) is 6.79 Å². The predicted octanol–water partition coefficient (Wildman–Crippen LogP) is 3.67. The van der Waals surface area contributed by atoms with Crippen LogP contribution >= 0.6 is 18.9 Å². The molecule has 0 saturated carbocycles. The van der Waals surface area contributed by atoms with Crippen LogP contribution in [0.5, 0.6) is 0 Å². The van der Waals surface area contributed by atoms with Crippen LogP contribution in [0.3, 0.4) is 0 Å². The summed E-state index contributed by atoms with van der Waals surface area (Å²) in [6.07, 6.45) is 3.87. The minimum Gasteiger partial charge on any atom is -0.356 e. The summed E-state index contributed by atoms with van der Waals surface area (Å²) in [4.78, 5) is 0. The summed E-state index contributed by atoms with van der Waals surface area (Å²) >= 11 is 2.78. The van der Waals surface area contributed by atoms with Crippen LogP contribution in [0.25, 0.3) is 0 Å². The molecule has 2 unspecified atom stereocenters. The van der Waals surface area contributed by atoms with E-state index in [1.165, 1.54) is 19.3 Å². The summed E-state index contributed by atoms with van der Waals surface area (Å²) in [7, 11) is 0. The van der Waals surface area contributed by atoms with Crippen molar-refractivity contribution in [1.29, 1.82) is 0 Å². The minimum absolute atomic E-state index is 0.175. The van der Waals surface area contributed by atoms with E-state index in [0.29, 0.717) is 6.79 Å². The highest BCUT2D eigenvalue weighted by molar-refractivity contribution is 14.1. The van der Waals surface area contributed by atoms with Crippen molar-refractivity contribution in [3.8, 4) is 0 Å². The van der Waals surface area contributed by atoms with Gasteiger partial charge in [-0.25, -0.2) is 0 Å². The lowest BCUT2D eigenvalue weighted by atomic mass is 10.0. The Balaban J connectivity index is 3.20. The first-order chi connectivity index (χ1) is 7.20. The van der Waals surface area contributed by atoms with Gasteiger partial charge < -0.3 is 28.3 Å². The van der Waals surface area contributed by atoms with Crippen LogP contribution in [0.15, 0.2) is 0 Å². The second-order valence-corrected chi connectivity index (χ2v) is 8.61. The van der Waals surface area contributed by atoms with Crippen molar-refractivity contribution < 1.29 is 9.47 Å². The van der Waals surface area contributed by atoms with Crippen LogP contribution in [0.1, 0.15) is 40.0 Å². The van der Waals surface area contributed by atoms with Gasteiger partial charge in [0.2, 0.25) is 0 Å². The maximum Gasteiger partial charge on any atom is 0.466 e. The van der Waals surface area contributed by atoms with Crippen molar-refractivity contribution in [3.63, 3.8) is 0 Å². The van der Waals surface area contributed by atoms with Crippen LogP contribution in [-0.2, 0) is 9.47 Å². The lowest BCUT2D eigenvalue weighted by molar-refractivity contribution is -0.0507. The van der Waals surface area contributed by atoms with Crippen LogP contribution in [-0.4, -0.2) is 36.5 Å². The Morgan fingerprint density at radius 2 is 2.00 bits per heavy atom. The van der Waals surface area contributed by atoms with Gasteiger partial charge in [0.25, 0.3) is 0 Å². The van der Waals surface area contributed by atoms with Crippen LogP contribution in [0.4, 0.5) is 0 Å². The van der Waals surface area contributed by atoms with Crippen LogP contribution < -0.4 is 0 Å². The van der Waals surface area contributed by atoms with Crippen molar-refractivity contribution in [2.45, 2.75) is 44.1 Å². The van der Waals surface area contributed by atoms with Gasteiger partial charge in [-0.05, 0) is 25.7 Å². The van der Waals surface area contributed by atoms with Crippen LogP contribution in [0.2, 0.25) is 4.05 Å². The number of hydrogen-bond donors (Lipinski definition) is 0. The molecule has 0 aromatic heterocycles. The SMILES string of the molecule is CCOCOCCCC(C)C[CH](C)[Mg][I]. The third-order valence-electron chi connectivity index (χ3n) is 2.42. The normalized spacial score (nSPS) is 14.7. The average molecular weight is 339 g/mol. The fraction of sp³-hybridized carbons (Fsp3) is 1.00. The molecular weight excluding hydrogens is 315 g/mol. The Bertz CT molecular complexity index is 136. The second kappa shape index (κ2) is 11.9. The van der Waals surface area contributed by atoms with Gasteiger partial charge in [0, 0.05) is 13.2 Å². The Hall–Kier alpha value is 1.42. The zero-order valence-electron chi connectivity index (χ0n) is 10.3. The van der Waals surface area contributed by atoms with Crippen molar-refractivity contribution in [2.24, 2.45) is 5.92 Å². The summed E-state index contributed by atoms with van der Waals surface area (Å²) in [5, 5.41) is 0. The Morgan fingerprint density at radius 3 is 2.60 bits per heavy atom. The monoisotopic (exact) mass is 338 g/mol. The highest BCUT2D eigenvalue weighted by atomic mass is 127. The van der Waals surface area contributed by atoms with Gasteiger partial charge in [-0.2, -0.15) is 0 Å². The highest BCUT2D eigenvalue weighted by Gasteiger charge is 2.09. The van der Waals surface area contributed by atoms with Gasteiger partial charge in [-0.15, -0.1) is 4.05 Å². The average Bonchev–Trinajstić information content (AvgIpc) is 2.23. The molecule has 0 aromatic carbocycles. The Labute approximate surface area is 114 Å². The summed E-state index contributed by atoms with van der Waals surface area (Å²) in [5.74, 6) is 0.859. The zero-order chi connectivity index (χ0) is 11.5. The first-order valence-corrected chi connectivity index (χ1v) is 11.8. The van der Waals surface area contributed by atoms with Gasteiger partial charge >= 0.3 is 16.5 Å². The van der Waals surface area contributed by atoms with E-state index in [9.17, 15) is 0 Å². The van der Waals surface area contributed by atoms with Crippen molar-refractivity contribution in [1.82, 2.24) is 0 Å². The Kier molecular flexibility index (Phi) is 13.0. The summed E-state index contributed by atoms with van der Waals surface area (Å²) in [6.45, 7) is 8.79.